The summed E-state index contributed by atoms with van der Waals surface area (Å²) in [7, 11) is 0. The normalized spacial score (nSPS) is 23.2. The second-order valence-electron chi connectivity index (χ2n) is 7.06. The van der Waals surface area contributed by atoms with Crippen molar-refractivity contribution >= 4 is 17.4 Å². The van der Waals surface area contributed by atoms with Crippen LogP contribution in [0.3, 0.4) is 0 Å². The van der Waals surface area contributed by atoms with Gasteiger partial charge in [0.05, 0.1) is 11.7 Å². The number of thioether (sulfide) groups is 1. The van der Waals surface area contributed by atoms with E-state index >= 15 is 0 Å². The Morgan fingerprint density at radius 3 is 2.65 bits per heavy atom. The lowest BCUT2D eigenvalue weighted by Gasteiger charge is -2.34. The van der Waals surface area contributed by atoms with Crippen LogP contribution in [0.4, 0.5) is 13.2 Å². The van der Waals surface area contributed by atoms with Gasteiger partial charge in [0.15, 0.2) is 5.65 Å². The molecule has 4 rings (SSSR count). The molecule has 2 aromatic rings. The van der Waals surface area contributed by atoms with Gasteiger partial charge in [-0.05, 0) is 56.2 Å². The highest BCUT2D eigenvalue weighted by Gasteiger charge is 2.37. The third-order valence-corrected chi connectivity index (χ3v) is 6.50. The van der Waals surface area contributed by atoms with E-state index in [2.05, 4.69) is 15.0 Å². The second-order valence-corrected chi connectivity index (χ2v) is 8.29. The molecule has 26 heavy (non-hydrogen) atoms. The highest BCUT2D eigenvalue weighted by molar-refractivity contribution is 7.99. The molecule has 4 heterocycles. The molecule has 0 N–H and O–H groups in total. The van der Waals surface area contributed by atoms with E-state index in [1.165, 1.54) is 11.5 Å². The molecule has 142 valence electrons. The molecule has 2 aliphatic heterocycles. The van der Waals surface area contributed by atoms with Gasteiger partial charge in [-0.2, -0.15) is 30.0 Å². The first-order chi connectivity index (χ1) is 12.5. The molecule has 2 fully saturated rings. The van der Waals surface area contributed by atoms with Crippen LogP contribution in [0, 0.1) is 0 Å². The number of hydrogen-bond donors (Lipinski definition) is 0. The number of alkyl halides is 3. The summed E-state index contributed by atoms with van der Waals surface area (Å²) in [5.74, 6) is 2.33. The third-order valence-electron chi connectivity index (χ3n) is 5.45. The van der Waals surface area contributed by atoms with Crippen LogP contribution in [0.5, 0.6) is 0 Å². The van der Waals surface area contributed by atoms with Gasteiger partial charge < -0.3 is 0 Å². The predicted molar refractivity (Wildman–Crippen MR) is 96.4 cm³/mol. The summed E-state index contributed by atoms with van der Waals surface area (Å²) < 4.78 is 41.4. The van der Waals surface area contributed by atoms with Gasteiger partial charge in [-0.15, -0.1) is 0 Å². The maximum Gasteiger partial charge on any atom is 0.433 e. The SMILES string of the molecule is CCc1cc(C(F)(F)F)n2nc([C@@H]3CCCN3C3CCSCC3)cc2n1. The number of nitrogens with zero attached hydrogens (tertiary/aromatic N) is 4. The molecule has 0 aromatic carbocycles. The van der Waals surface area contributed by atoms with Crippen LogP contribution in [-0.2, 0) is 12.6 Å². The molecule has 0 radical (unpaired) electrons. The van der Waals surface area contributed by atoms with Crippen molar-refractivity contribution in [2.24, 2.45) is 0 Å². The van der Waals surface area contributed by atoms with Gasteiger partial charge in [0.25, 0.3) is 0 Å². The van der Waals surface area contributed by atoms with Crippen molar-refractivity contribution in [1.29, 1.82) is 0 Å². The fraction of sp³-hybridized carbons (Fsp3) is 0.667. The van der Waals surface area contributed by atoms with Crippen LogP contribution in [0.15, 0.2) is 12.1 Å². The minimum absolute atomic E-state index is 0.107. The third kappa shape index (κ3) is 3.33. The topological polar surface area (TPSA) is 33.4 Å². The highest BCUT2D eigenvalue weighted by atomic mass is 32.2. The molecular formula is C18H23F3N4S. The van der Waals surface area contributed by atoms with Gasteiger partial charge in [0.1, 0.15) is 5.69 Å². The van der Waals surface area contributed by atoms with Gasteiger partial charge in [-0.3, -0.25) is 4.90 Å². The van der Waals surface area contributed by atoms with Gasteiger partial charge in [-0.25, -0.2) is 9.50 Å². The Hall–Kier alpha value is -1.28. The smallest absolute Gasteiger partial charge is 0.292 e. The first kappa shape index (κ1) is 18.1. The maximum absolute atomic E-state index is 13.5. The van der Waals surface area contributed by atoms with Crippen molar-refractivity contribution in [2.75, 3.05) is 18.1 Å². The van der Waals surface area contributed by atoms with Crippen LogP contribution in [0.2, 0.25) is 0 Å². The Morgan fingerprint density at radius 1 is 1.19 bits per heavy atom. The van der Waals surface area contributed by atoms with E-state index in [1.54, 1.807) is 6.07 Å². The molecule has 0 unspecified atom stereocenters. The van der Waals surface area contributed by atoms with Crippen molar-refractivity contribution in [1.82, 2.24) is 19.5 Å². The van der Waals surface area contributed by atoms with Crippen molar-refractivity contribution in [3.63, 3.8) is 0 Å². The quantitative estimate of drug-likeness (QED) is 0.788. The average molecular weight is 384 g/mol. The molecule has 4 nitrogen and oxygen atoms in total. The summed E-state index contributed by atoms with van der Waals surface area (Å²) in [5, 5.41) is 4.37. The van der Waals surface area contributed by atoms with E-state index < -0.39 is 11.9 Å². The zero-order chi connectivity index (χ0) is 18.3. The molecule has 0 amide bonds. The molecule has 0 saturated carbocycles. The summed E-state index contributed by atoms with van der Waals surface area (Å²) >= 11 is 1.99. The van der Waals surface area contributed by atoms with Crippen molar-refractivity contribution < 1.29 is 13.2 Å². The lowest BCUT2D eigenvalue weighted by molar-refractivity contribution is -0.142. The summed E-state index contributed by atoms with van der Waals surface area (Å²) in [6.45, 7) is 2.82. The first-order valence-electron chi connectivity index (χ1n) is 9.27. The second kappa shape index (κ2) is 7.03. The molecular weight excluding hydrogens is 361 g/mol. The van der Waals surface area contributed by atoms with Gasteiger partial charge in [0.2, 0.25) is 0 Å². The molecule has 1 atom stereocenters. The maximum atomic E-state index is 13.5. The molecule has 0 bridgehead atoms. The number of hydrogen-bond acceptors (Lipinski definition) is 4. The first-order valence-corrected chi connectivity index (χ1v) is 10.4. The molecule has 2 aromatic heterocycles. The van der Waals surface area contributed by atoms with Crippen molar-refractivity contribution in [2.45, 2.75) is 57.3 Å². The van der Waals surface area contributed by atoms with Gasteiger partial charge in [-0.1, -0.05) is 6.92 Å². The summed E-state index contributed by atoms with van der Waals surface area (Å²) in [6.07, 6.45) is 0.359. The predicted octanol–water partition coefficient (Wildman–Crippen LogP) is 4.34. The number of aryl methyl sites for hydroxylation is 1. The average Bonchev–Trinajstić information content (AvgIpc) is 3.27. The molecule has 8 heteroatoms. The van der Waals surface area contributed by atoms with E-state index in [-0.39, 0.29) is 6.04 Å². The Balaban J connectivity index is 1.72. The molecule has 0 aliphatic carbocycles. The van der Waals surface area contributed by atoms with Crippen LogP contribution in [0.1, 0.15) is 55.7 Å². The minimum atomic E-state index is -4.44. The standard InChI is InChI=1S/C18H23F3N4S/c1-2-12-10-16(18(19,20)21)25-17(22-12)11-14(23-25)15-4-3-7-24(15)13-5-8-26-9-6-13/h10-11,13,15H,2-9H2,1H3/t15-/m0/s1. The Morgan fingerprint density at radius 2 is 1.96 bits per heavy atom. The van der Waals surface area contributed by atoms with Crippen LogP contribution >= 0.6 is 11.8 Å². The van der Waals surface area contributed by atoms with E-state index in [1.807, 2.05) is 18.7 Å². The lowest BCUT2D eigenvalue weighted by Crippen LogP contribution is -2.37. The van der Waals surface area contributed by atoms with E-state index in [0.29, 0.717) is 23.8 Å². The fourth-order valence-corrected chi connectivity index (χ4v) is 5.23. The number of rotatable bonds is 3. The summed E-state index contributed by atoms with van der Waals surface area (Å²) in [4.78, 5) is 6.84. The highest BCUT2D eigenvalue weighted by Crippen LogP contribution is 2.38. The van der Waals surface area contributed by atoms with E-state index in [0.717, 1.165) is 48.5 Å². The van der Waals surface area contributed by atoms with Crippen LogP contribution in [-0.4, -0.2) is 43.6 Å². The minimum Gasteiger partial charge on any atom is -0.292 e. The zero-order valence-electron chi connectivity index (χ0n) is 14.8. The monoisotopic (exact) mass is 384 g/mol. The number of aromatic nitrogens is 3. The van der Waals surface area contributed by atoms with Gasteiger partial charge >= 0.3 is 6.18 Å². The van der Waals surface area contributed by atoms with Crippen molar-refractivity contribution in [3.8, 4) is 0 Å². The summed E-state index contributed by atoms with van der Waals surface area (Å²) in [6, 6.07) is 3.51. The molecule has 0 spiro atoms. The zero-order valence-corrected chi connectivity index (χ0v) is 15.6. The molecule has 2 aliphatic rings. The Labute approximate surface area is 155 Å². The summed E-state index contributed by atoms with van der Waals surface area (Å²) in [5.41, 5.74) is 0.748. The van der Waals surface area contributed by atoms with Gasteiger partial charge in [0, 0.05) is 17.8 Å². The number of halogens is 3. The largest absolute Gasteiger partial charge is 0.433 e. The van der Waals surface area contributed by atoms with E-state index in [9.17, 15) is 13.2 Å². The van der Waals surface area contributed by atoms with Crippen LogP contribution < -0.4 is 0 Å². The fourth-order valence-electron chi connectivity index (χ4n) is 4.15. The Kier molecular flexibility index (Phi) is 4.90. The number of likely N-dealkylation sites (tertiary alicyclic amines) is 1. The van der Waals surface area contributed by atoms with E-state index in [4.69, 9.17) is 0 Å². The lowest BCUT2D eigenvalue weighted by atomic mass is 10.1. The van der Waals surface area contributed by atoms with Crippen molar-refractivity contribution in [3.05, 3.63) is 29.2 Å². The number of fused-ring (bicyclic) bond motifs is 1. The van der Waals surface area contributed by atoms with Crippen LogP contribution in [0.25, 0.3) is 5.65 Å². The molecule has 2 saturated heterocycles. The Bertz CT molecular complexity index is 783.